The monoisotopic (exact) mass is 364 g/mol. The number of unbranched alkanes of at least 4 members (excludes halogenated alkanes) is 1. The molecule has 0 fully saturated rings. The minimum atomic E-state index is -2.11. The summed E-state index contributed by atoms with van der Waals surface area (Å²) in [5.74, 6) is -0.140. The maximum Gasteiger partial charge on any atom is 0.317 e. The molecule has 0 radical (unpaired) electrons. The van der Waals surface area contributed by atoms with Crippen LogP contribution in [0.15, 0.2) is 106 Å². The molecule has 0 unspecified atom stereocenters. The molecular formula is C23H24O2S. The van der Waals surface area contributed by atoms with Gasteiger partial charge in [-0.25, -0.2) is 0 Å². The van der Waals surface area contributed by atoms with Gasteiger partial charge < -0.3 is 4.18 Å². The molecule has 0 spiro atoms. The second-order valence-corrected chi connectivity index (χ2v) is 8.75. The molecule has 3 aromatic carbocycles. The van der Waals surface area contributed by atoms with Gasteiger partial charge in [-0.3, -0.25) is 4.79 Å². The van der Waals surface area contributed by atoms with Crippen LogP contribution in [0.25, 0.3) is 0 Å². The molecule has 3 heteroatoms. The van der Waals surface area contributed by atoms with Gasteiger partial charge in [-0.2, -0.15) is 0 Å². The van der Waals surface area contributed by atoms with Crippen molar-refractivity contribution in [3.8, 4) is 0 Å². The van der Waals surface area contributed by atoms with Crippen LogP contribution in [0.5, 0.6) is 0 Å². The Morgan fingerprint density at radius 3 is 1.46 bits per heavy atom. The Balaban J connectivity index is 2.19. The van der Waals surface area contributed by atoms with Crippen LogP contribution in [0.4, 0.5) is 0 Å². The first-order valence-electron chi connectivity index (χ1n) is 8.98. The fourth-order valence-electron chi connectivity index (χ4n) is 2.89. The molecule has 0 saturated carbocycles. The lowest BCUT2D eigenvalue weighted by atomic mass is 10.3. The first kappa shape index (κ1) is 18.3. The summed E-state index contributed by atoms with van der Waals surface area (Å²) in [5.41, 5.74) is 0. The molecule has 0 aliphatic rings. The summed E-state index contributed by atoms with van der Waals surface area (Å²) in [7, 11) is -2.11. The fraction of sp³-hybridized carbons (Fsp3) is 0.174. The van der Waals surface area contributed by atoms with E-state index in [9.17, 15) is 4.79 Å². The summed E-state index contributed by atoms with van der Waals surface area (Å²) >= 11 is 0. The van der Waals surface area contributed by atoms with E-state index >= 15 is 0 Å². The van der Waals surface area contributed by atoms with Crippen molar-refractivity contribution in [3.05, 3.63) is 91.0 Å². The Bertz CT molecular complexity index is 720. The molecular weight excluding hydrogens is 340 g/mol. The summed E-state index contributed by atoms with van der Waals surface area (Å²) in [6.45, 7) is 2.08. The largest absolute Gasteiger partial charge is 0.402 e. The van der Waals surface area contributed by atoms with Gasteiger partial charge in [0.15, 0.2) is 0 Å². The second-order valence-electron chi connectivity index (χ2n) is 6.05. The summed E-state index contributed by atoms with van der Waals surface area (Å²) in [6.07, 6.45) is 2.25. The molecule has 0 atom stereocenters. The number of rotatable bonds is 7. The summed E-state index contributed by atoms with van der Waals surface area (Å²) in [5, 5.41) is 0. The van der Waals surface area contributed by atoms with Gasteiger partial charge >= 0.3 is 5.97 Å². The van der Waals surface area contributed by atoms with Crippen LogP contribution in [0, 0.1) is 0 Å². The quantitative estimate of drug-likeness (QED) is 0.471. The normalized spacial score (nSPS) is 11.7. The van der Waals surface area contributed by atoms with Crippen LogP contribution < -0.4 is 0 Å². The SMILES string of the molecule is CCCCC(=O)OS(c1ccccc1)(c1ccccc1)c1ccccc1. The highest BCUT2D eigenvalue weighted by atomic mass is 32.3. The van der Waals surface area contributed by atoms with Gasteiger partial charge in [-0.05, 0) is 53.1 Å². The first-order chi connectivity index (χ1) is 12.8. The van der Waals surface area contributed by atoms with E-state index in [2.05, 4.69) is 43.3 Å². The van der Waals surface area contributed by atoms with Crippen molar-refractivity contribution >= 4 is 16.3 Å². The highest BCUT2D eigenvalue weighted by Gasteiger charge is 2.35. The minimum absolute atomic E-state index is 0.140. The van der Waals surface area contributed by atoms with Crippen molar-refractivity contribution in [2.75, 3.05) is 0 Å². The van der Waals surface area contributed by atoms with E-state index in [4.69, 9.17) is 4.18 Å². The zero-order chi connectivity index (χ0) is 18.2. The average Bonchev–Trinajstić information content (AvgIpc) is 2.72. The first-order valence-corrected chi connectivity index (χ1v) is 10.5. The van der Waals surface area contributed by atoms with E-state index in [-0.39, 0.29) is 5.97 Å². The van der Waals surface area contributed by atoms with E-state index in [1.807, 2.05) is 54.6 Å². The van der Waals surface area contributed by atoms with Crippen LogP contribution in [0.2, 0.25) is 0 Å². The van der Waals surface area contributed by atoms with Gasteiger partial charge in [0.05, 0.1) is 0 Å². The van der Waals surface area contributed by atoms with Crippen molar-refractivity contribution in [2.24, 2.45) is 0 Å². The standard InChI is InChI=1S/C23H24O2S/c1-2-3-19-23(24)25-26(20-13-7-4-8-14-20,21-15-9-5-10-16-21)22-17-11-6-12-18-22/h4-18H,2-3,19H2,1H3. The molecule has 26 heavy (non-hydrogen) atoms. The number of carbonyl (C=O) groups is 1. The Morgan fingerprint density at radius 1 is 0.731 bits per heavy atom. The number of hydrogen-bond acceptors (Lipinski definition) is 2. The molecule has 0 N–H and O–H groups in total. The molecule has 0 amide bonds. The van der Waals surface area contributed by atoms with Gasteiger partial charge in [0.1, 0.15) is 0 Å². The average molecular weight is 365 g/mol. The molecule has 3 rings (SSSR count). The minimum Gasteiger partial charge on any atom is -0.402 e. The highest BCUT2D eigenvalue weighted by molar-refractivity contribution is 8.30. The third-order valence-corrected chi connectivity index (χ3v) is 7.42. The van der Waals surface area contributed by atoms with Crippen molar-refractivity contribution in [2.45, 2.75) is 40.9 Å². The molecule has 0 heterocycles. The highest BCUT2D eigenvalue weighted by Crippen LogP contribution is 2.69. The van der Waals surface area contributed by atoms with Crippen LogP contribution >= 0.6 is 10.3 Å². The van der Waals surface area contributed by atoms with Gasteiger partial charge in [-0.15, -0.1) is 0 Å². The zero-order valence-electron chi connectivity index (χ0n) is 15.0. The second kappa shape index (κ2) is 8.72. The fourth-order valence-corrected chi connectivity index (χ4v) is 5.98. The molecule has 3 aromatic rings. The molecule has 0 saturated heterocycles. The van der Waals surface area contributed by atoms with E-state index < -0.39 is 10.3 Å². The van der Waals surface area contributed by atoms with E-state index in [0.29, 0.717) is 6.42 Å². The third kappa shape index (κ3) is 3.83. The maximum atomic E-state index is 12.7. The topological polar surface area (TPSA) is 26.3 Å². The Hall–Kier alpha value is -2.52. The van der Waals surface area contributed by atoms with Crippen molar-refractivity contribution in [1.29, 1.82) is 0 Å². The molecule has 0 aliphatic heterocycles. The lowest BCUT2D eigenvalue weighted by Crippen LogP contribution is -2.13. The number of carbonyl (C=O) groups excluding carboxylic acids is 1. The lowest BCUT2D eigenvalue weighted by molar-refractivity contribution is -0.133. The number of hydrogen-bond donors (Lipinski definition) is 0. The van der Waals surface area contributed by atoms with Crippen LogP contribution in [-0.2, 0) is 8.98 Å². The molecule has 0 bridgehead atoms. The van der Waals surface area contributed by atoms with Gasteiger partial charge in [0, 0.05) is 21.1 Å². The predicted molar refractivity (Wildman–Crippen MR) is 107 cm³/mol. The summed E-state index contributed by atoms with van der Waals surface area (Å²) in [4.78, 5) is 15.8. The van der Waals surface area contributed by atoms with Crippen molar-refractivity contribution < 1.29 is 8.98 Å². The molecule has 2 nitrogen and oxygen atoms in total. The van der Waals surface area contributed by atoms with Crippen molar-refractivity contribution in [3.63, 3.8) is 0 Å². The number of benzene rings is 3. The zero-order valence-corrected chi connectivity index (χ0v) is 15.8. The van der Waals surface area contributed by atoms with Gasteiger partial charge in [-0.1, -0.05) is 67.9 Å². The molecule has 134 valence electrons. The summed E-state index contributed by atoms with van der Waals surface area (Å²) < 4.78 is 6.34. The van der Waals surface area contributed by atoms with Crippen LogP contribution in [0.3, 0.4) is 0 Å². The summed E-state index contributed by atoms with van der Waals surface area (Å²) in [6, 6.07) is 30.3. The van der Waals surface area contributed by atoms with E-state index in [1.54, 1.807) is 0 Å². The molecule has 0 aromatic heterocycles. The maximum absolute atomic E-state index is 12.7. The smallest absolute Gasteiger partial charge is 0.317 e. The Morgan fingerprint density at radius 2 is 1.12 bits per heavy atom. The van der Waals surface area contributed by atoms with Gasteiger partial charge in [0.25, 0.3) is 0 Å². The lowest BCUT2D eigenvalue weighted by Gasteiger charge is -2.39. The van der Waals surface area contributed by atoms with E-state index in [1.165, 1.54) is 0 Å². The van der Waals surface area contributed by atoms with Gasteiger partial charge in [0.2, 0.25) is 0 Å². The predicted octanol–water partition coefficient (Wildman–Crippen LogP) is 6.62. The Labute approximate surface area is 157 Å². The van der Waals surface area contributed by atoms with Crippen LogP contribution in [-0.4, -0.2) is 5.97 Å². The third-order valence-electron chi connectivity index (χ3n) is 4.18. The Kier molecular flexibility index (Phi) is 6.13. The molecule has 0 aliphatic carbocycles. The van der Waals surface area contributed by atoms with Crippen molar-refractivity contribution in [1.82, 2.24) is 0 Å². The van der Waals surface area contributed by atoms with Crippen LogP contribution in [0.1, 0.15) is 26.2 Å². The van der Waals surface area contributed by atoms with E-state index in [0.717, 1.165) is 27.5 Å².